The number of hydrogen-bond acceptors (Lipinski definition) is 5. The summed E-state index contributed by atoms with van der Waals surface area (Å²) in [5.74, 6) is 0.219. The molecule has 0 saturated carbocycles. The van der Waals surface area contributed by atoms with Crippen LogP contribution in [0.1, 0.15) is 12.8 Å². The number of rotatable bonds is 2. The van der Waals surface area contributed by atoms with E-state index in [-0.39, 0.29) is 23.4 Å². The van der Waals surface area contributed by atoms with Crippen molar-refractivity contribution >= 4 is 28.2 Å². The smallest absolute Gasteiger partial charge is 0.313 e. The summed E-state index contributed by atoms with van der Waals surface area (Å²) in [5.41, 5.74) is 6.70. The molecule has 23 heavy (non-hydrogen) atoms. The number of nitrogens with two attached hydrogens (primary N) is 1. The lowest BCUT2D eigenvalue weighted by atomic mass is 10.1. The molecule has 120 valence electrons. The highest BCUT2D eigenvalue weighted by atomic mass is 16.6. The number of nitrogens with zero attached hydrogens (tertiary/aromatic N) is 4. The Kier molecular flexibility index (Phi) is 4.07. The minimum absolute atomic E-state index is 0.177. The van der Waals surface area contributed by atoms with Crippen LogP contribution in [0.15, 0.2) is 35.5 Å². The number of pyridine rings is 1. The fourth-order valence-electron chi connectivity index (χ4n) is 2.65. The minimum atomic E-state index is -0.508. The highest BCUT2D eigenvalue weighted by Gasteiger charge is 2.21. The molecule has 1 aromatic heterocycles. The molecule has 0 aliphatic carbocycles. The van der Waals surface area contributed by atoms with Crippen LogP contribution in [0.3, 0.4) is 0 Å². The molecule has 8 nitrogen and oxygen atoms in total. The summed E-state index contributed by atoms with van der Waals surface area (Å²) < 4.78 is 0. The first kappa shape index (κ1) is 15.2. The summed E-state index contributed by atoms with van der Waals surface area (Å²) >= 11 is 0. The molecule has 1 aliphatic heterocycles. The normalized spacial score (nSPS) is 16.7. The summed E-state index contributed by atoms with van der Waals surface area (Å²) in [5, 5.41) is 21.4. The number of likely N-dealkylation sites (tertiary alicyclic amines) is 1. The van der Waals surface area contributed by atoms with Crippen LogP contribution in [0, 0.1) is 10.1 Å². The van der Waals surface area contributed by atoms with E-state index < -0.39 is 4.92 Å². The first-order valence-electron chi connectivity index (χ1n) is 7.35. The molecule has 2 heterocycles. The molecule has 1 aliphatic rings. The van der Waals surface area contributed by atoms with Crippen LogP contribution in [-0.2, 0) is 0 Å². The van der Waals surface area contributed by atoms with E-state index in [1.54, 1.807) is 18.2 Å². The van der Waals surface area contributed by atoms with Crippen molar-refractivity contribution in [1.29, 1.82) is 0 Å². The zero-order valence-corrected chi connectivity index (χ0v) is 12.4. The maximum Gasteiger partial charge on any atom is 0.313 e. The number of piperidine rings is 1. The topological polar surface area (TPSA) is 118 Å². The first-order valence-corrected chi connectivity index (χ1v) is 7.35. The summed E-state index contributed by atoms with van der Waals surface area (Å²) in [6.45, 7) is 1.15. The number of fused-ring (bicyclic) bond motifs is 1. The van der Waals surface area contributed by atoms with Gasteiger partial charge in [0.15, 0.2) is 11.6 Å². The zero-order valence-electron chi connectivity index (χ0n) is 12.4. The van der Waals surface area contributed by atoms with Gasteiger partial charge in [-0.15, -0.1) is 0 Å². The van der Waals surface area contributed by atoms with Gasteiger partial charge in [-0.1, -0.05) is 18.2 Å². The van der Waals surface area contributed by atoms with Gasteiger partial charge in [0.25, 0.3) is 0 Å². The standard InChI is InChI=1S/C15H17N5O3/c16-15(19-7-5-10(21)6-8-19)18-14-11-3-1-2-4-12(11)17-9-13(14)20(22)23/h1-4,9-10,21H,5-8H2,(H2,16,17,18). The third kappa shape index (κ3) is 3.07. The molecular weight excluding hydrogens is 298 g/mol. The fourth-order valence-corrected chi connectivity index (χ4v) is 2.65. The highest BCUT2D eigenvalue weighted by molar-refractivity contribution is 5.97. The van der Waals surface area contributed by atoms with Crippen molar-refractivity contribution in [3.05, 3.63) is 40.6 Å². The van der Waals surface area contributed by atoms with Crippen molar-refractivity contribution in [2.24, 2.45) is 10.7 Å². The molecule has 0 amide bonds. The number of aliphatic hydroxyl groups is 1. The maximum absolute atomic E-state index is 11.3. The van der Waals surface area contributed by atoms with Crippen molar-refractivity contribution in [1.82, 2.24) is 9.88 Å². The van der Waals surface area contributed by atoms with Gasteiger partial charge in [-0.2, -0.15) is 0 Å². The Balaban J connectivity index is 2.05. The quantitative estimate of drug-likeness (QED) is 0.376. The van der Waals surface area contributed by atoms with Crippen LogP contribution in [0.25, 0.3) is 10.9 Å². The summed E-state index contributed by atoms with van der Waals surface area (Å²) in [6.07, 6.45) is 2.09. The Bertz CT molecular complexity index is 769. The molecule has 0 spiro atoms. The van der Waals surface area contributed by atoms with Crippen LogP contribution in [0.5, 0.6) is 0 Å². The average molecular weight is 315 g/mol. The van der Waals surface area contributed by atoms with Gasteiger partial charge in [0, 0.05) is 18.5 Å². The van der Waals surface area contributed by atoms with Crippen molar-refractivity contribution in [3.63, 3.8) is 0 Å². The summed E-state index contributed by atoms with van der Waals surface area (Å²) in [4.78, 5) is 21.0. The van der Waals surface area contributed by atoms with E-state index >= 15 is 0 Å². The Labute approximate surface area is 132 Å². The molecule has 2 aromatic rings. The monoisotopic (exact) mass is 315 g/mol. The molecule has 0 radical (unpaired) electrons. The predicted octanol–water partition coefficient (Wildman–Crippen LogP) is 1.55. The molecule has 1 saturated heterocycles. The largest absolute Gasteiger partial charge is 0.393 e. The number of para-hydroxylation sites is 1. The average Bonchev–Trinajstić information content (AvgIpc) is 2.55. The summed E-state index contributed by atoms with van der Waals surface area (Å²) in [6, 6.07) is 7.09. The van der Waals surface area contributed by atoms with E-state index in [9.17, 15) is 15.2 Å². The second-order valence-electron chi connectivity index (χ2n) is 5.45. The van der Waals surface area contributed by atoms with E-state index in [1.165, 1.54) is 6.20 Å². The van der Waals surface area contributed by atoms with E-state index in [2.05, 4.69) is 9.98 Å². The lowest BCUT2D eigenvalue weighted by molar-refractivity contribution is -0.384. The van der Waals surface area contributed by atoms with E-state index in [1.807, 2.05) is 11.0 Å². The van der Waals surface area contributed by atoms with Crippen molar-refractivity contribution in [3.8, 4) is 0 Å². The van der Waals surface area contributed by atoms with Gasteiger partial charge < -0.3 is 15.7 Å². The zero-order chi connectivity index (χ0) is 16.4. The Morgan fingerprint density at radius 3 is 2.78 bits per heavy atom. The van der Waals surface area contributed by atoms with Gasteiger partial charge in [-0.3, -0.25) is 10.1 Å². The summed E-state index contributed by atoms with van der Waals surface area (Å²) in [7, 11) is 0. The van der Waals surface area contributed by atoms with Gasteiger partial charge in [-0.05, 0) is 18.9 Å². The number of hydrogen-bond donors (Lipinski definition) is 2. The molecule has 8 heteroatoms. The van der Waals surface area contributed by atoms with E-state index in [0.717, 1.165) is 0 Å². The van der Waals surface area contributed by atoms with Crippen molar-refractivity contribution in [2.75, 3.05) is 13.1 Å². The Morgan fingerprint density at radius 2 is 2.09 bits per heavy atom. The van der Waals surface area contributed by atoms with Crippen LogP contribution in [0.2, 0.25) is 0 Å². The van der Waals surface area contributed by atoms with Gasteiger partial charge in [0.1, 0.15) is 6.20 Å². The number of nitro groups is 1. The molecule has 0 unspecified atom stereocenters. The van der Waals surface area contributed by atoms with Gasteiger partial charge in [0.05, 0.1) is 16.5 Å². The number of aromatic nitrogens is 1. The van der Waals surface area contributed by atoms with Crippen LogP contribution in [0.4, 0.5) is 11.4 Å². The van der Waals surface area contributed by atoms with Crippen LogP contribution < -0.4 is 5.73 Å². The molecule has 0 bridgehead atoms. The van der Waals surface area contributed by atoms with E-state index in [4.69, 9.17) is 5.73 Å². The van der Waals surface area contributed by atoms with Gasteiger partial charge >= 0.3 is 5.69 Å². The predicted molar refractivity (Wildman–Crippen MR) is 86.5 cm³/mol. The van der Waals surface area contributed by atoms with Crippen molar-refractivity contribution in [2.45, 2.75) is 18.9 Å². The number of aliphatic hydroxyl groups excluding tert-OH is 1. The molecule has 3 N–H and O–H groups in total. The third-order valence-corrected chi connectivity index (χ3v) is 3.94. The Hall–Kier alpha value is -2.74. The fraction of sp³-hybridized carbons (Fsp3) is 0.333. The van der Waals surface area contributed by atoms with Gasteiger partial charge in [0.2, 0.25) is 0 Å². The minimum Gasteiger partial charge on any atom is -0.393 e. The molecule has 0 atom stereocenters. The number of benzene rings is 1. The van der Waals surface area contributed by atoms with Gasteiger partial charge in [-0.25, -0.2) is 9.98 Å². The highest BCUT2D eigenvalue weighted by Crippen LogP contribution is 2.34. The van der Waals surface area contributed by atoms with E-state index in [0.29, 0.717) is 36.8 Å². The lowest BCUT2D eigenvalue weighted by Gasteiger charge is -2.30. The van der Waals surface area contributed by atoms with Crippen LogP contribution >= 0.6 is 0 Å². The third-order valence-electron chi connectivity index (χ3n) is 3.94. The molecular formula is C15H17N5O3. The number of aliphatic imine (C=N–C) groups is 1. The SMILES string of the molecule is NC(=Nc1c([N+](=O)[O-])cnc2ccccc12)N1CCC(O)CC1. The first-order chi connectivity index (χ1) is 11.1. The molecule has 1 aromatic carbocycles. The molecule has 1 fully saturated rings. The lowest BCUT2D eigenvalue weighted by Crippen LogP contribution is -2.43. The molecule has 3 rings (SSSR count). The second kappa shape index (κ2) is 6.17. The van der Waals surface area contributed by atoms with Crippen molar-refractivity contribution < 1.29 is 10.0 Å². The second-order valence-corrected chi connectivity index (χ2v) is 5.45. The van der Waals surface area contributed by atoms with Crippen LogP contribution in [-0.4, -0.2) is 45.1 Å². The number of guanidine groups is 1. The Morgan fingerprint density at radius 1 is 1.39 bits per heavy atom. The maximum atomic E-state index is 11.3.